The maximum absolute atomic E-state index is 13.7. The standard InChI is InChI=1S/C21H24F3N5O2/c1-4-7-29-11-15(12(2)26-29)20(30)28-8-5-6-14(10-28)17-9-16(21(22,23)24)18-13(3)27-31-19(18)25-17/h9,11,14H,4-8,10H2,1-3H3. The van der Waals surface area contributed by atoms with E-state index in [1.165, 1.54) is 6.92 Å². The number of hydrogen-bond acceptors (Lipinski definition) is 5. The first kappa shape index (κ1) is 21.3. The van der Waals surface area contributed by atoms with Gasteiger partial charge in [-0.05, 0) is 39.2 Å². The van der Waals surface area contributed by atoms with Crippen molar-refractivity contribution in [3.8, 4) is 0 Å². The van der Waals surface area contributed by atoms with E-state index in [9.17, 15) is 18.0 Å². The van der Waals surface area contributed by atoms with Crippen molar-refractivity contribution in [3.63, 3.8) is 0 Å². The van der Waals surface area contributed by atoms with Crippen molar-refractivity contribution < 1.29 is 22.5 Å². The summed E-state index contributed by atoms with van der Waals surface area (Å²) in [6.45, 7) is 6.84. The van der Waals surface area contributed by atoms with Gasteiger partial charge in [-0.3, -0.25) is 9.48 Å². The predicted octanol–water partition coefficient (Wildman–Crippen LogP) is 4.48. The zero-order valence-corrected chi connectivity index (χ0v) is 17.7. The molecule has 1 atom stereocenters. The van der Waals surface area contributed by atoms with Crippen molar-refractivity contribution in [2.45, 2.75) is 58.7 Å². The number of fused-ring (bicyclic) bond motifs is 1. The number of pyridine rings is 1. The number of amides is 1. The highest BCUT2D eigenvalue weighted by atomic mass is 19.4. The van der Waals surface area contributed by atoms with Crippen LogP contribution in [-0.4, -0.2) is 43.8 Å². The molecule has 1 amide bonds. The van der Waals surface area contributed by atoms with E-state index < -0.39 is 11.7 Å². The van der Waals surface area contributed by atoms with Crippen LogP contribution in [0.25, 0.3) is 11.1 Å². The second-order valence-electron chi connectivity index (χ2n) is 8.02. The summed E-state index contributed by atoms with van der Waals surface area (Å²) in [6.07, 6.45) is -0.595. The zero-order chi connectivity index (χ0) is 22.3. The summed E-state index contributed by atoms with van der Waals surface area (Å²) < 4.78 is 47.9. The van der Waals surface area contributed by atoms with Crippen LogP contribution in [0.5, 0.6) is 0 Å². The highest BCUT2D eigenvalue weighted by molar-refractivity contribution is 5.95. The molecule has 166 valence electrons. The third-order valence-electron chi connectivity index (χ3n) is 5.70. The fraction of sp³-hybridized carbons (Fsp3) is 0.524. The summed E-state index contributed by atoms with van der Waals surface area (Å²) >= 11 is 0. The Labute approximate surface area is 177 Å². The smallest absolute Gasteiger partial charge is 0.338 e. The molecule has 1 saturated heterocycles. The molecule has 3 aromatic rings. The Kier molecular flexibility index (Phi) is 5.49. The molecule has 0 aliphatic carbocycles. The monoisotopic (exact) mass is 435 g/mol. The van der Waals surface area contributed by atoms with Gasteiger partial charge in [0.15, 0.2) is 0 Å². The number of hydrogen-bond donors (Lipinski definition) is 0. The Balaban J connectivity index is 1.63. The third-order valence-corrected chi connectivity index (χ3v) is 5.70. The highest BCUT2D eigenvalue weighted by Crippen LogP contribution is 2.38. The first-order valence-corrected chi connectivity index (χ1v) is 10.4. The molecule has 0 N–H and O–H groups in total. The van der Waals surface area contributed by atoms with Gasteiger partial charge in [-0.1, -0.05) is 12.1 Å². The first-order chi connectivity index (χ1) is 14.7. The van der Waals surface area contributed by atoms with Gasteiger partial charge in [0.25, 0.3) is 11.6 Å². The van der Waals surface area contributed by atoms with Gasteiger partial charge in [0.1, 0.15) is 0 Å². The van der Waals surface area contributed by atoms with Gasteiger partial charge in [-0.15, -0.1) is 0 Å². The maximum Gasteiger partial charge on any atom is 0.417 e. The van der Waals surface area contributed by atoms with E-state index in [-0.39, 0.29) is 34.3 Å². The van der Waals surface area contributed by atoms with Crippen LogP contribution in [0.1, 0.15) is 65.1 Å². The van der Waals surface area contributed by atoms with Crippen LogP contribution in [0, 0.1) is 13.8 Å². The van der Waals surface area contributed by atoms with Crippen molar-refractivity contribution in [2.75, 3.05) is 13.1 Å². The molecular weight excluding hydrogens is 411 g/mol. The summed E-state index contributed by atoms with van der Waals surface area (Å²) in [6, 6.07) is 1.08. The van der Waals surface area contributed by atoms with Crippen LogP contribution in [0.3, 0.4) is 0 Å². The van der Waals surface area contributed by atoms with Crippen LogP contribution < -0.4 is 0 Å². The minimum Gasteiger partial charge on any atom is -0.338 e. The Morgan fingerprint density at radius 2 is 2.06 bits per heavy atom. The van der Waals surface area contributed by atoms with Crippen molar-refractivity contribution in [3.05, 3.63) is 40.5 Å². The molecule has 10 heteroatoms. The van der Waals surface area contributed by atoms with Crippen LogP contribution in [0.15, 0.2) is 16.8 Å². The number of piperidine rings is 1. The quantitative estimate of drug-likeness (QED) is 0.604. The molecule has 4 rings (SSSR count). The summed E-state index contributed by atoms with van der Waals surface area (Å²) in [5.41, 5.74) is 0.679. The van der Waals surface area contributed by atoms with E-state index in [0.717, 1.165) is 19.0 Å². The number of likely N-dealkylation sites (tertiary alicyclic amines) is 1. The maximum atomic E-state index is 13.7. The Hall–Kier alpha value is -2.91. The number of aromatic nitrogens is 4. The van der Waals surface area contributed by atoms with E-state index in [2.05, 4.69) is 15.2 Å². The molecule has 31 heavy (non-hydrogen) atoms. The fourth-order valence-electron chi connectivity index (χ4n) is 4.19. The summed E-state index contributed by atoms with van der Waals surface area (Å²) in [5.74, 6) is -0.475. The lowest BCUT2D eigenvalue weighted by Crippen LogP contribution is -2.39. The number of halogens is 3. The molecule has 1 aliphatic rings. The van der Waals surface area contributed by atoms with Crippen LogP contribution in [0.2, 0.25) is 0 Å². The van der Waals surface area contributed by atoms with Crippen molar-refractivity contribution >= 4 is 17.0 Å². The molecule has 0 bridgehead atoms. The number of carbonyl (C=O) groups excluding carboxylic acids is 1. The molecular formula is C21H24F3N5O2. The van der Waals surface area contributed by atoms with Crippen molar-refractivity contribution in [2.24, 2.45) is 0 Å². The summed E-state index contributed by atoms with van der Waals surface area (Å²) in [4.78, 5) is 19.1. The van der Waals surface area contributed by atoms with Gasteiger partial charge < -0.3 is 9.42 Å². The molecule has 7 nitrogen and oxygen atoms in total. The van der Waals surface area contributed by atoms with Gasteiger partial charge in [-0.2, -0.15) is 18.3 Å². The molecule has 1 aliphatic heterocycles. The van der Waals surface area contributed by atoms with Crippen LogP contribution >= 0.6 is 0 Å². The van der Waals surface area contributed by atoms with Gasteiger partial charge in [0.05, 0.1) is 33.6 Å². The van der Waals surface area contributed by atoms with Crippen molar-refractivity contribution in [1.29, 1.82) is 0 Å². The zero-order valence-electron chi connectivity index (χ0n) is 17.7. The number of alkyl halides is 3. The van der Waals surface area contributed by atoms with E-state index in [1.807, 2.05) is 6.92 Å². The Morgan fingerprint density at radius 1 is 1.29 bits per heavy atom. The molecule has 1 fully saturated rings. The lowest BCUT2D eigenvalue weighted by Gasteiger charge is -2.32. The number of rotatable bonds is 4. The number of nitrogens with zero attached hydrogens (tertiary/aromatic N) is 5. The Bertz CT molecular complexity index is 1120. The lowest BCUT2D eigenvalue weighted by molar-refractivity contribution is -0.136. The molecule has 3 aromatic heterocycles. The van der Waals surface area contributed by atoms with E-state index in [4.69, 9.17) is 4.52 Å². The second kappa shape index (κ2) is 7.97. The van der Waals surface area contributed by atoms with Crippen LogP contribution in [0.4, 0.5) is 13.2 Å². The van der Waals surface area contributed by atoms with E-state index in [0.29, 0.717) is 37.2 Å². The summed E-state index contributed by atoms with van der Waals surface area (Å²) in [7, 11) is 0. The van der Waals surface area contributed by atoms with Crippen molar-refractivity contribution in [1.82, 2.24) is 24.8 Å². The number of carbonyl (C=O) groups is 1. The average molecular weight is 435 g/mol. The number of aryl methyl sites for hydroxylation is 3. The molecule has 1 unspecified atom stereocenters. The second-order valence-corrected chi connectivity index (χ2v) is 8.02. The lowest BCUT2D eigenvalue weighted by atomic mass is 9.92. The highest BCUT2D eigenvalue weighted by Gasteiger charge is 2.37. The molecule has 0 saturated carbocycles. The average Bonchev–Trinajstić information content (AvgIpc) is 3.29. The van der Waals surface area contributed by atoms with Gasteiger partial charge in [0.2, 0.25) is 0 Å². The van der Waals surface area contributed by atoms with Gasteiger partial charge in [0, 0.05) is 31.7 Å². The molecule has 0 radical (unpaired) electrons. The Morgan fingerprint density at radius 3 is 2.77 bits per heavy atom. The SMILES string of the molecule is CCCn1cc(C(=O)N2CCCC(c3cc(C(F)(F)F)c4c(C)noc4n3)C2)c(C)n1. The summed E-state index contributed by atoms with van der Waals surface area (Å²) in [5, 5.41) is 7.92. The minimum absolute atomic E-state index is 0.112. The van der Waals surface area contributed by atoms with E-state index in [1.54, 1.807) is 22.7 Å². The normalized spacial score (nSPS) is 17.5. The van der Waals surface area contributed by atoms with Crippen LogP contribution in [-0.2, 0) is 12.7 Å². The predicted molar refractivity (Wildman–Crippen MR) is 107 cm³/mol. The van der Waals surface area contributed by atoms with E-state index >= 15 is 0 Å². The molecule has 4 heterocycles. The topological polar surface area (TPSA) is 77.0 Å². The largest absolute Gasteiger partial charge is 0.417 e. The van der Waals surface area contributed by atoms with Gasteiger partial charge in [-0.25, -0.2) is 4.98 Å². The minimum atomic E-state index is -4.55. The molecule has 0 spiro atoms. The fourth-order valence-corrected chi connectivity index (χ4v) is 4.19. The molecule has 0 aromatic carbocycles. The third kappa shape index (κ3) is 4.03. The van der Waals surface area contributed by atoms with Gasteiger partial charge >= 0.3 is 6.18 Å². The first-order valence-electron chi connectivity index (χ1n) is 10.4.